The molecule has 6 nitrogen and oxygen atoms in total. The summed E-state index contributed by atoms with van der Waals surface area (Å²) < 4.78 is 19.2. The minimum atomic E-state index is -0.900. The van der Waals surface area contributed by atoms with Crippen LogP contribution in [0.5, 0.6) is 5.75 Å². The number of hydrogen-bond donors (Lipinski definition) is 2. The lowest BCUT2D eigenvalue weighted by Gasteiger charge is -2.34. The highest BCUT2D eigenvalue weighted by molar-refractivity contribution is 5.87. The van der Waals surface area contributed by atoms with E-state index in [1.165, 1.54) is 12.1 Å². The van der Waals surface area contributed by atoms with Crippen LogP contribution in [0.2, 0.25) is 0 Å². The summed E-state index contributed by atoms with van der Waals surface area (Å²) in [4.78, 5) is 26.2. The number of likely N-dealkylation sites (tertiary alicyclic amines) is 1. The zero-order valence-electron chi connectivity index (χ0n) is 17.4. The third-order valence-corrected chi connectivity index (χ3v) is 7.31. The number of aliphatic carboxylic acids is 1. The number of carboxylic acids is 1. The quantitative estimate of drug-likeness (QED) is 0.774. The number of halogens is 1. The van der Waals surface area contributed by atoms with Crippen LogP contribution in [0.4, 0.5) is 10.1 Å². The van der Waals surface area contributed by atoms with Crippen molar-refractivity contribution < 1.29 is 23.8 Å². The summed E-state index contributed by atoms with van der Waals surface area (Å²) in [5.74, 6) is -0.560. The summed E-state index contributed by atoms with van der Waals surface area (Å²) in [5, 5.41) is 13.4. The second kappa shape index (κ2) is 6.97. The lowest BCUT2D eigenvalue weighted by atomic mass is 9.80. The fourth-order valence-electron chi connectivity index (χ4n) is 5.41. The van der Waals surface area contributed by atoms with E-state index in [1.54, 1.807) is 6.07 Å². The SMILES string of the molecule is CCC(=O)N1CCC2(CC1)C[C@]2(C(=O)O)c1ccc(C2Nc3ccc(F)cc3O2)cc1. The number of nitrogens with zero attached hydrogens (tertiary/aromatic N) is 1. The van der Waals surface area contributed by atoms with Gasteiger partial charge in [-0.2, -0.15) is 0 Å². The molecule has 0 bridgehead atoms. The van der Waals surface area contributed by atoms with Crippen molar-refractivity contribution in [2.24, 2.45) is 5.41 Å². The number of fused-ring (bicyclic) bond motifs is 1. The van der Waals surface area contributed by atoms with E-state index >= 15 is 0 Å². The molecule has 1 amide bonds. The summed E-state index contributed by atoms with van der Waals surface area (Å²) >= 11 is 0. The highest BCUT2D eigenvalue weighted by Crippen LogP contribution is 2.69. The Morgan fingerprint density at radius 2 is 1.90 bits per heavy atom. The predicted octanol–water partition coefficient (Wildman–Crippen LogP) is 4.07. The Balaban J connectivity index is 1.34. The summed E-state index contributed by atoms with van der Waals surface area (Å²) in [7, 11) is 0. The van der Waals surface area contributed by atoms with Crippen LogP contribution in [0, 0.1) is 11.2 Å². The number of carbonyl (C=O) groups excluding carboxylic acids is 1. The van der Waals surface area contributed by atoms with Gasteiger partial charge < -0.3 is 20.1 Å². The molecule has 1 aliphatic carbocycles. The monoisotopic (exact) mass is 424 g/mol. The first-order chi connectivity index (χ1) is 14.9. The molecule has 0 aromatic heterocycles. The van der Waals surface area contributed by atoms with Crippen LogP contribution in [0.1, 0.15) is 50.0 Å². The molecule has 2 atom stereocenters. The molecule has 1 saturated heterocycles. The first kappa shape index (κ1) is 19.8. The molecule has 1 spiro atoms. The van der Waals surface area contributed by atoms with Gasteiger partial charge in [0, 0.05) is 31.1 Å². The normalized spacial score (nSPS) is 25.5. The number of anilines is 1. The molecule has 0 radical (unpaired) electrons. The first-order valence-electron chi connectivity index (χ1n) is 10.7. The van der Waals surface area contributed by atoms with Crippen LogP contribution in [0.3, 0.4) is 0 Å². The van der Waals surface area contributed by atoms with Crippen molar-refractivity contribution in [1.82, 2.24) is 4.90 Å². The molecular formula is C24H25FN2O4. The fourth-order valence-corrected chi connectivity index (χ4v) is 5.41. The Morgan fingerprint density at radius 3 is 2.55 bits per heavy atom. The van der Waals surface area contributed by atoms with Crippen molar-refractivity contribution >= 4 is 17.6 Å². The Hall–Kier alpha value is -3.09. The van der Waals surface area contributed by atoms with E-state index in [2.05, 4.69) is 5.32 Å². The van der Waals surface area contributed by atoms with E-state index in [4.69, 9.17) is 4.74 Å². The van der Waals surface area contributed by atoms with Crippen LogP contribution >= 0.6 is 0 Å². The molecular weight excluding hydrogens is 399 g/mol. The second-order valence-corrected chi connectivity index (χ2v) is 8.81. The van der Waals surface area contributed by atoms with Gasteiger partial charge in [-0.3, -0.25) is 9.59 Å². The molecule has 162 valence electrons. The van der Waals surface area contributed by atoms with Crippen molar-refractivity contribution in [1.29, 1.82) is 0 Å². The van der Waals surface area contributed by atoms with Crippen molar-refractivity contribution in [2.45, 2.75) is 44.2 Å². The standard InChI is InChI=1S/C24H25FN2O4/c1-2-20(28)27-11-9-23(10-12-27)14-24(23,22(29)30)16-5-3-15(4-6-16)21-26-18-8-7-17(25)13-19(18)31-21/h3-8,13,21,26H,2,9-12,14H2,1H3,(H,29,30)/t21?,24-/m1/s1. The molecule has 3 aliphatic rings. The minimum absolute atomic E-state index is 0.130. The number of ether oxygens (including phenoxy) is 1. The summed E-state index contributed by atoms with van der Waals surface area (Å²) in [6.45, 7) is 3.09. The van der Waals surface area contributed by atoms with E-state index in [0.717, 1.165) is 16.8 Å². The Labute approximate surface area is 180 Å². The zero-order chi connectivity index (χ0) is 21.8. The molecule has 2 heterocycles. The van der Waals surface area contributed by atoms with Gasteiger partial charge in [0.2, 0.25) is 5.91 Å². The number of hydrogen-bond acceptors (Lipinski definition) is 4. The van der Waals surface area contributed by atoms with Crippen LogP contribution in [-0.4, -0.2) is 35.0 Å². The Morgan fingerprint density at radius 1 is 1.19 bits per heavy atom. The Kier molecular flexibility index (Phi) is 4.46. The van der Waals surface area contributed by atoms with Gasteiger partial charge in [-0.25, -0.2) is 4.39 Å². The van der Waals surface area contributed by atoms with E-state index in [1.807, 2.05) is 36.1 Å². The van der Waals surface area contributed by atoms with E-state index < -0.39 is 17.6 Å². The summed E-state index contributed by atoms with van der Waals surface area (Å²) in [5.41, 5.74) is 1.18. The maximum absolute atomic E-state index is 13.4. The maximum atomic E-state index is 13.4. The van der Waals surface area contributed by atoms with Crippen LogP contribution in [0.15, 0.2) is 42.5 Å². The van der Waals surface area contributed by atoms with Crippen LogP contribution in [0.25, 0.3) is 0 Å². The van der Waals surface area contributed by atoms with Crippen molar-refractivity contribution in [2.75, 3.05) is 18.4 Å². The topological polar surface area (TPSA) is 78.9 Å². The van der Waals surface area contributed by atoms with Crippen LogP contribution < -0.4 is 10.1 Å². The third kappa shape index (κ3) is 2.98. The lowest BCUT2D eigenvalue weighted by Crippen LogP contribution is -2.42. The molecule has 1 saturated carbocycles. The molecule has 2 fully saturated rings. The predicted molar refractivity (Wildman–Crippen MR) is 112 cm³/mol. The zero-order valence-corrected chi connectivity index (χ0v) is 17.4. The van der Waals surface area contributed by atoms with Crippen molar-refractivity contribution in [3.05, 3.63) is 59.4 Å². The molecule has 1 unspecified atom stereocenters. The number of piperidine rings is 1. The molecule has 2 aromatic carbocycles. The molecule has 2 aliphatic heterocycles. The second-order valence-electron chi connectivity index (χ2n) is 8.81. The smallest absolute Gasteiger partial charge is 0.314 e. The first-order valence-corrected chi connectivity index (χ1v) is 10.7. The van der Waals surface area contributed by atoms with Crippen molar-refractivity contribution in [3.8, 4) is 5.75 Å². The maximum Gasteiger partial charge on any atom is 0.314 e. The van der Waals surface area contributed by atoms with Gasteiger partial charge in [-0.1, -0.05) is 31.2 Å². The van der Waals surface area contributed by atoms with Gasteiger partial charge in [0.15, 0.2) is 6.23 Å². The number of carboxylic acid groups (broad SMARTS) is 1. The van der Waals surface area contributed by atoms with E-state index in [-0.39, 0.29) is 17.1 Å². The highest BCUT2D eigenvalue weighted by atomic mass is 19.1. The number of amides is 1. The molecule has 2 N–H and O–H groups in total. The van der Waals surface area contributed by atoms with E-state index in [0.29, 0.717) is 44.5 Å². The average molecular weight is 424 g/mol. The minimum Gasteiger partial charge on any atom is -0.481 e. The Bertz CT molecular complexity index is 1050. The number of nitrogens with one attached hydrogen (secondary N) is 1. The van der Waals surface area contributed by atoms with Crippen LogP contribution in [-0.2, 0) is 15.0 Å². The molecule has 2 aromatic rings. The lowest BCUT2D eigenvalue weighted by molar-refractivity contribution is -0.141. The fraction of sp³-hybridized carbons (Fsp3) is 0.417. The molecule has 31 heavy (non-hydrogen) atoms. The summed E-state index contributed by atoms with van der Waals surface area (Å²) in [6.07, 6.45) is 2.06. The highest BCUT2D eigenvalue weighted by Gasteiger charge is 2.72. The number of carbonyl (C=O) groups is 2. The molecule has 7 heteroatoms. The number of rotatable bonds is 4. The largest absolute Gasteiger partial charge is 0.481 e. The number of benzene rings is 2. The van der Waals surface area contributed by atoms with Gasteiger partial charge >= 0.3 is 5.97 Å². The average Bonchev–Trinajstić information content (AvgIpc) is 3.23. The van der Waals surface area contributed by atoms with E-state index in [9.17, 15) is 19.1 Å². The van der Waals surface area contributed by atoms with Crippen molar-refractivity contribution in [3.63, 3.8) is 0 Å². The summed E-state index contributed by atoms with van der Waals surface area (Å²) in [6, 6.07) is 11.9. The van der Waals surface area contributed by atoms with Gasteiger partial charge in [0.1, 0.15) is 11.6 Å². The van der Waals surface area contributed by atoms with Gasteiger partial charge in [0.25, 0.3) is 0 Å². The van der Waals surface area contributed by atoms with Gasteiger partial charge in [-0.05, 0) is 42.4 Å². The van der Waals surface area contributed by atoms with Gasteiger partial charge in [0.05, 0.1) is 11.1 Å². The molecule has 5 rings (SSSR count). The van der Waals surface area contributed by atoms with Gasteiger partial charge in [-0.15, -0.1) is 0 Å². The third-order valence-electron chi connectivity index (χ3n) is 7.31.